The Bertz CT molecular complexity index is 407. The molecule has 2 N–H and O–H groups in total. The Labute approximate surface area is 112 Å². The number of methoxy groups -OCH3 is 1. The molecule has 0 spiro atoms. The highest BCUT2D eigenvalue weighted by molar-refractivity contribution is 7.99. The van der Waals surface area contributed by atoms with Crippen LogP contribution in [-0.4, -0.2) is 30.7 Å². The summed E-state index contributed by atoms with van der Waals surface area (Å²) in [6, 6.07) is 4.88. The summed E-state index contributed by atoms with van der Waals surface area (Å²) in [6.07, 6.45) is 0. The van der Waals surface area contributed by atoms with Crippen LogP contribution in [0.2, 0.25) is 0 Å². The first-order valence-electron chi connectivity index (χ1n) is 5.77. The van der Waals surface area contributed by atoms with E-state index < -0.39 is 5.97 Å². The van der Waals surface area contributed by atoms with Crippen molar-refractivity contribution < 1.29 is 14.3 Å². The molecular formula is C13H19NO3S. The van der Waals surface area contributed by atoms with Crippen LogP contribution < -0.4 is 10.5 Å². The zero-order valence-corrected chi connectivity index (χ0v) is 11.8. The van der Waals surface area contributed by atoms with Crippen molar-refractivity contribution in [2.45, 2.75) is 19.1 Å². The van der Waals surface area contributed by atoms with Crippen molar-refractivity contribution in [2.24, 2.45) is 0 Å². The number of hydrogen-bond acceptors (Lipinski definition) is 5. The number of carbonyl (C=O) groups is 1. The molecule has 1 rings (SSSR count). The van der Waals surface area contributed by atoms with Gasteiger partial charge in [-0.3, -0.25) is 0 Å². The summed E-state index contributed by atoms with van der Waals surface area (Å²) < 4.78 is 10.2. The van der Waals surface area contributed by atoms with Gasteiger partial charge in [0.05, 0.1) is 25.0 Å². The summed E-state index contributed by atoms with van der Waals surface area (Å²) in [6.45, 7) is 4.84. The summed E-state index contributed by atoms with van der Waals surface area (Å²) in [4.78, 5) is 11.4. The van der Waals surface area contributed by atoms with E-state index in [0.29, 0.717) is 28.9 Å². The molecule has 0 aliphatic heterocycles. The molecule has 0 aliphatic rings. The van der Waals surface area contributed by atoms with Crippen LogP contribution in [0.1, 0.15) is 24.2 Å². The Hall–Kier alpha value is -1.36. The lowest BCUT2D eigenvalue weighted by Gasteiger charge is -2.10. The van der Waals surface area contributed by atoms with Gasteiger partial charge in [0.1, 0.15) is 5.75 Å². The van der Waals surface area contributed by atoms with Crippen LogP contribution in [0, 0.1) is 0 Å². The second-order valence-electron chi connectivity index (χ2n) is 4.01. The van der Waals surface area contributed by atoms with Crippen LogP contribution in [0.4, 0.5) is 5.69 Å². The van der Waals surface area contributed by atoms with E-state index in [9.17, 15) is 4.79 Å². The topological polar surface area (TPSA) is 61.5 Å². The highest BCUT2D eigenvalue weighted by Gasteiger charge is 2.09. The van der Waals surface area contributed by atoms with E-state index in [1.165, 1.54) is 7.11 Å². The van der Waals surface area contributed by atoms with E-state index >= 15 is 0 Å². The number of ether oxygens (including phenoxy) is 2. The predicted molar refractivity (Wildman–Crippen MR) is 75.3 cm³/mol. The number of anilines is 1. The standard InChI is InChI=1S/C13H19NO3S/c1-9(2)18-7-6-17-12-8-10(13(15)16-3)4-5-11(12)14/h4-5,8-9H,6-7,14H2,1-3H3. The Balaban J connectivity index is 2.61. The normalized spacial score (nSPS) is 10.4. The molecule has 18 heavy (non-hydrogen) atoms. The maximum atomic E-state index is 11.4. The summed E-state index contributed by atoms with van der Waals surface area (Å²) >= 11 is 1.81. The van der Waals surface area contributed by atoms with Gasteiger partial charge in [-0.15, -0.1) is 0 Å². The number of thioether (sulfide) groups is 1. The number of rotatable bonds is 6. The van der Waals surface area contributed by atoms with Gasteiger partial charge in [0.25, 0.3) is 0 Å². The number of nitrogens with two attached hydrogens (primary N) is 1. The van der Waals surface area contributed by atoms with Crippen molar-refractivity contribution >= 4 is 23.4 Å². The zero-order chi connectivity index (χ0) is 13.5. The molecule has 0 fully saturated rings. The molecule has 0 aromatic heterocycles. The number of hydrogen-bond donors (Lipinski definition) is 1. The second kappa shape index (κ2) is 7.16. The first-order chi connectivity index (χ1) is 8.54. The van der Waals surface area contributed by atoms with Gasteiger partial charge in [0.15, 0.2) is 0 Å². The van der Waals surface area contributed by atoms with E-state index in [4.69, 9.17) is 10.5 Å². The molecule has 1 aromatic rings. The second-order valence-corrected chi connectivity index (χ2v) is 5.70. The third-order valence-corrected chi connectivity index (χ3v) is 3.30. The largest absolute Gasteiger partial charge is 0.491 e. The lowest BCUT2D eigenvalue weighted by Crippen LogP contribution is -2.07. The van der Waals surface area contributed by atoms with Gasteiger partial charge in [-0.05, 0) is 23.4 Å². The molecule has 0 atom stereocenters. The highest BCUT2D eigenvalue weighted by Crippen LogP contribution is 2.23. The summed E-state index contributed by atoms with van der Waals surface area (Å²) in [5, 5.41) is 0.576. The third-order valence-electron chi connectivity index (χ3n) is 2.23. The van der Waals surface area contributed by atoms with Crippen LogP contribution in [0.25, 0.3) is 0 Å². The Morgan fingerprint density at radius 2 is 2.17 bits per heavy atom. The van der Waals surface area contributed by atoms with Crippen LogP contribution in [0.3, 0.4) is 0 Å². The average molecular weight is 269 g/mol. The first kappa shape index (κ1) is 14.7. The predicted octanol–water partition coefficient (Wildman–Crippen LogP) is 2.58. The summed E-state index contributed by atoms with van der Waals surface area (Å²) in [7, 11) is 1.35. The number of benzene rings is 1. The smallest absolute Gasteiger partial charge is 0.337 e. The molecule has 0 amide bonds. The van der Waals surface area contributed by atoms with Crippen molar-refractivity contribution in [1.29, 1.82) is 0 Å². The molecule has 0 saturated heterocycles. The molecule has 5 heteroatoms. The van der Waals surface area contributed by atoms with Crippen LogP contribution in [0.15, 0.2) is 18.2 Å². The molecule has 0 saturated carbocycles. The van der Waals surface area contributed by atoms with Crippen LogP contribution >= 0.6 is 11.8 Å². The Morgan fingerprint density at radius 1 is 1.44 bits per heavy atom. The van der Waals surface area contributed by atoms with E-state index in [2.05, 4.69) is 18.6 Å². The van der Waals surface area contributed by atoms with Crippen molar-refractivity contribution in [1.82, 2.24) is 0 Å². The molecule has 4 nitrogen and oxygen atoms in total. The molecular weight excluding hydrogens is 250 g/mol. The summed E-state index contributed by atoms with van der Waals surface area (Å²) in [5.41, 5.74) is 6.76. The van der Waals surface area contributed by atoms with Gasteiger partial charge < -0.3 is 15.2 Å². The minimum absolute atomic E-state index is 0.392. The highest BCUT2D eigenvalue weighted by atomic mass is 32.2. The van der Waals surface area contributed by atoms with Crippen molar-refractivity contribution in [2.75, 3.05) is 25.2 Å². The molecule has 0 bridgehead atoms. The maximum Gasteiger partial charge on any atom is 0.337 e. The monoisotopic (exact) mass is 269 g/mol. The minimum Gasteiger partial charge on any atom is -0.491 e. The average Bonchev–Trinajstić information content (AvgIpc) is 2.35. The molecule has 1 aromatic carbocycles. The van der Waals surface area contributed by atoms with E-state index in [-0.39, 0.29) is 0 Å². The van der Waals surface area contributed by atoms with E-state index in [0.717, 1.165) is 5.75 Å². The summed E-state index contributed by atoms with van der Waals surface area (Å²) in [5.74, 6) is 1.03. The fraction of sp³-hybridized carbons (Fsp3) is 0.462. The van der Waals surface area contributed by atoms with Crippen molar-refractivity contribution in [3.05, 3.63) is 23.8 Å². The maximum absolute atomic E-state index is 11.4. The number of nitrogen functional groups attached to an aromatic ring is 1. The molecule has 100 valence electrons. The third kappa shape index (κ3) is 4.49. The number of carbonyl (C=O) groups excluding carboxylic acids is 1. The van der Waals surface area contributed by atoms with E-state index in [1.54, 1.807) is 18.2 Å². The quantitative estimate of drug-likeness (QED) is 0.488. The van der Waals surface area contributed by atoms with Gasteiger partial charge in [0, 0.05) is 5.75 Å². The molecule has 0 heterocycles. The first-order valence-corrected chi connectivity index (χ1v) is 6.81. The Kier molecular flexibility index (Phi) is 5.85. The minimum atomic E-state index is -0.392. The van der Waals surface area contributed by atoms with Gasteiger partial charge in [-0.1, -0.05) is 13.8 Å². The lowest BCUT2D eigenvalue weighted by atomic mass is 10.2. The molecule has 0 unspecified atom stereocenters. The number of esters is 1. The molecule has 0 radical (unpaired) electrons. The molecule has 0 aliphatic carbocycles. The van der Waals surface area contributed by atoms with Crippen LogP contribution in [-0.2, 0) is 4.74 Å². The fourth-order valence-corrected chi connectivity index (χ4v) is 1.99. The lowest BCUT2D eigenvalue weighted by molar-refractivity contribution is 0.0600. The van der Waals surface area contributed by atoms with Gasteiger partial charge in [0.2, 0.25) is 0 Å². The SMILES string of the molecule is COC(=O)c1ccc(N)c(OCCSC(C)C)c1. The van der Waals surface area contributed by atoms with Gasteiger partial charge in [-0.2, -0.15) is 11.8 Å². The van der Waals surface area contributed by atoms with Crippen molar-refractivity contribution in [3.8, 4) is 5.75 Å². The van der Waals surface area contributed by atoms with Crippen molar-refractivity contribution in [3.63, 3.8) is 0 Å². The zero-order valence-electron chi connectivity index (χ0n) is 10.9. The van der Waals surface area contributed by atoms with Gasteiger partial charge in [-0.25, -0.2) is 4.79 Å². The Morgan fingerprint density at radius 3 is 2.78 bits per heavy atom. The van der Waals surface area contributed by atoms with Crippen LogP contribution in [0.5, 0.6) is 5.75 Å². The van der Waals surface area contributed by atoms with Gasteiger partial charge >= 0.3 is 5.97 Å². The van der Waals surface area contributed by atoms with E-state index in [1.807, 2.05) is 11.8 Å². The fourth-order valence-electron chi connectivity index (χ4n) is 1.34.